The highest BCUT2D eigenvalue weighted by Gasteiger charge is 2.11. The van der Waals surface area contributed by atoms with E-state index in [0.29, 0.717) is 5.92 Å². The van der Waals surface area contributed by atoms with Crippen molar-refractivity contribution in [3.8, 4) is 0 Å². The van der Waals surface area contributed by atoms with Crippen LogP contribution >= 0.6 is 0 Å². The van der Waals surface area contributed by atoms with Crippen molar-refractivity contribution in [2.45, 2.75) is 19.3 Å². The molecule has 1 atom stereocenters. The first-order valence-corrected chi connectivity index (χ1v) is 4.53. The molecule has 1 unspecified atom stereocenters. The van der Waals surface area contributed by atoms with Crippen LogP contribution in [0.5, 0.6) is 0 Å². The van der Waals surface area contributed by atoms with Crippen LogP contribution in [0.4, 0.5) is 4.79 Å². The number of nitrogens with one attached hydrogen (secondary N) is 2. The van der Waals surface area contributed by atoms with E-state index in [2.05, 4.69) is 10.6 Å². The molecule has 12 heavy (non-hydrogen) atoms. The summed E-state index contributed by atoms with van der Waals surface area (Å²) in [5, 5.41) is 5.97. The van der Waals surface area contributed by atoms with Crippen LogP contribution in [0.15, 0.2) is 0 Å². The minimum Gasteiger partial charge on any atom is -0.352 e. The molecule has 1 fully saturated rings. The highest BCUT2D eigenvalue weighted by atomic mass is 16.2. The molecule has 0 radical (unpaired) electrons. The molecular weight excluding hydrogens is 154 g/mol. The van der Waals surface area contributed by atoms with Crippen molar-refractivity contribution in [3.05, 3.63) is 0 Å². The molecule has 0 aromatic carbocycles. The van der Waals surface area contributed by atoms with Crippen molar-refractivity contribution in [2.24, 2.45) is 11.7 Å². The topological polar surface area (TPSA) is 67.2 Å². The molecule has 1 rings (SSSR count). The number of nitrogens with two attached hydrogens (primary N) is 1. The Morgan fingerprint density at radius 2 is 2.33 bits per heavy atom. The third-order valence-electron chi connectivity index (χ3n) is 2.26. The van der Waals surface area contributed by atoms with Gasteiger partial charge in [0, 0.05) is 6.54 Å². The Bertz CT molecular complexity index is 141. The van der Waals surface area contributed by atoms with Crippen LogP contribution in [0.25, 0.3) is 0 Å². The molecule has 1 heterocycles. The van der Waals surface area contributed by atoms with E-state index in [1.54, 1.807) is 0 Å². The molecule has 70 valence electrons. The Hall–Kier alpha value is -0.770. The van der Waals surface area contributed by atoms with Gasteiger partial charge in [0.2, 0.25) is 0 Å². The summed E-state index contributed by atoms with van der Waals surface area (Å²) in [6, 6.07) is -0.410. The molecule has 0 bridgehead atoms. The number of carbonyl (C=O) groups excluding carboxylic acids is 1. The fraction of sp³-hybridized carbons (Fsp3) is 0.875. The summed E-state index contributed by atoms with van der Waals surface area (Å²) in [4.78, 5) is 10.4. The van der Waals surface area contributed by atoms with E-state index in [0.717, 1.165) is 26.1 Å². The van der Waals surface area contributed by atoms with Gasteiger partial charge in [0.05, 0.1) is 0 Å². The predicted molar refractivity (Wildman–Crippen MR) is 47.8 cm³/mol. The second-order valence-electron chi connectivity index (χ2n) is 3.29. The van der Waals surface area contributed by atoms with E-state index in [-0.39, 0.29) is 0 Å². The van der Waals surface area contributed by atoms with Gasteiger partial charge in [-0.3, -0.25) is 0 Å². The molecule has 1 saturated heterocycles. The highest BCUT2D eigenvalue weighted by Crippen LogP contribution is 2.11. The SMILES string of the molecule is NC(=O)NCC1CCCNCC1. The van der Waals surface area contributed by atoms with Crippen molar-refractivity contribution in [2.75, 3.05) is 19.6 Å². The standard InChI is InChI=1S/C8H17N3O/c9-8(12)11-6-7-2-1-4-10-5-3-7/h7,10H,1-6H2,(H3,9,11,12). The average molecular weight is 171 g/mol. The Kier molecular flexibility index (Phi) is 3.87. The van der Waals surface area contributed by atoms with Crippen LogP contribution in [-0.2, 0) is 0 Å². The van der Waals surface area contributed by atoms with Crippen molar-refractivity contribution in [1.82, 2.24) is 10.6 Å². The lowest BCUT2D eigenvalue weighted by atomic mass is 10.0. The van der Waals surface area contributed by atoms with Gasteiger partial charge < -0.3 is 16.4 Å². The summed E-state index contributed by atoms with van der Waals surface area (Å²) >= 11 is 0. The fourth-order valence-corrected chi connectivity index (χ4v) is 1.54. The maximum absolute atomic E-state index is 10.4. The lowest BCUT2D eigenvalue weighted by molar-refractivity contribution is 0.246. The Morgan fingerprint density at radius 3 is 3.08 bits per heavy atom. The molecule has 1 aliphatic heterocycles. The van der Waals surface area contributed by atoms with Crippen molar-refractivity contribution in [3.63, 3.8) is 0 Å². The Balaban J connectivity index is 2.16. The highest BCUT2D eigenvalue weighted by molar-refractivity contribution is 5.71. The van der Waals surface area contributed by atoms with Gasteiger partial charge in [0.25, 0.3) is 0 Å². The summed E-state index contributed by atoms with van der Waals surface area (Å²) in [6.07, 6.45) is 3.53. The zero-order valence-electron chi connectivity index (χ0n) is 7.31. The summed E-state index contributed by atoms with van der Waals surface area (Å²) in [5.41, 5.74) is 4.98. The van der Waals surface area contributed by atoms with Crippen LogP contribution in [0, 0.1) is 5.92 Å². The number of urea groups is 1. The lowest BCUT2D eigenvalue weighted by Crippen LogP contribution is -2.33. The van der Waals surface area contributed by atoms with Gasteiger partial charge in [-0.2, -0.15) is 0 Å². The van der Waals surface area contributed by atoms with Gasteiger partial charge in [0.15, 0.2) is 0 Å². The summed E-state index contributed by atoms with van der Waals surface area (Å²) in [6.45, 7) is 2.90. The van der Waals surface area contributed by atoms with E-state index in [1.165, 1.54) is 12.8 Å². The number of rotatable bonds is 2. The van der Waals surface area contributed by atoms with E-state index >= 15 is 0 Å². The first-order valence-electron chi connectivity index (χ1n) is 4.53. The lowest BCUT2D eigenvalue weighted by Gasteiger charge is -2.12. The normalized spacial score (nSPS) is 24.5. The molecule has 0 aromatic rings. The van der Waals surface area contributed by atoms with Crippen LogP contribution in [0.2, 0.25) is 0 Å². The third kappa shape index (κ3) is 3.57. The number of carbonyl (C=O) groups is 1. The van der Waals surface area contributed by atoms with Crippen LogP contribution in [0.1, 0.15) is 19.3 Å². The van der Waals surface area contributed by atoms with Gasteiger partial charge in [-0.1, -0.05) is 0 Å². The number of hydrogen-bond donors (Lipinski definition) is 3. The van der Waals surface area contributed by atoms with Crippen molar-refractivity contribution < 1.29 is 4.79 Å². The van der Waals surface area contributed by atoms with Crippen LogP contribution in [0.3, 0.4) is 0 Å². The zero-order valence-corrected chi connectivity index (χ0v) is 7.31. The summed E-state index contributed by atoms with van der Waals surface area (Å²) < 4.78 is 0. The zero-order chi connectivity index (χ0) is 8.81. The monoisotopic (exact) mass is 171 g/mol. The van der Waals surface area contributed by atoms with E-state index in [4.69, 9.17) is 5.73 Å². The van der Waals surface area contributed by atoms with Crippen LogP contribution < -0.4 is 16.4 Å². The van der Waals surface area contributed by atoms with Crippen LogP contribution in [-0.4, -0.2) is 25.7 Å². The molecule has 4 N–H and O–H groups in total. The molecule has 1 aliphatic rings. The van der Waals surface area contributed by atoms with E-state index in [9.17, 15) is 4.79 Å². The maximum atomic E-state index is 10.4. The van der Waals surface area contributed by atoms with Gasteiger partial charge in [-0.25, -0.2) is 4.79 Å². The minimum absolute atomic E-state index is 0.410. The maximum Gasteiger partial charge on any atom is 0.312 e. The minimum atomic E-state index is -0.410. The fourth-order valence-electron chi connectivity index (χ4n) is 1.54. The molecule has 0 aliphatic carbocycles. The molecular formula is C8H17N3O. The van der Waals surface area contributed by atoms with Crippen molar-refractivity contribution >= 4 is 6.03 Å². The number of primary amides is 1. The third-order valence-corrected chi connectivity index (χ3v) is 2.26. The molecule has 4 nitrogen and oxygen atoms in total. The van der Waals surface area contributed by atoms with Gasteiger partial charge in [0.1, 0.15) is 0 Å². The summed E-state index contributed by atoms with van der Waals surface area (Å²) in [5.74, 6) is 0.604. The molecule has 2 amide bonds. The second kappa shape index (κ2) is 4.98. The molecule has 0 aromatic heterocycles. The number of amides is 2. The smallest absolute Gasteiger partial charge is 0.312 e. The second-order valence-corrected chi connectivity index (χ2v) is 3.29. The van der Waals surface area contributed by atoms with E-state index in [1.807, 2.05) is 0 Å². The number of hydrogen-bond acceptors (Lipinski definition) is 2. The van der Waals surface area contributed by atoms with Gasteiger partial charge in [-0.05, 0) is 38.3 Å². The average Bonchev–Trinajstić information content (AvgIpc) is 2.28. The predicted octanol–water partition coefficient (Wildman–Crippen LogP) is 0.0444. The van der Waals surface area contributed by atoms with Gasteiger partial charge in [-0.15, -0.1) is 0 Å². The Morgan fingerprint density at radius 1 is 1.50 bits per heavy atom. The quantitative estimate of drug-likeness (QED) is 0.549. The van der Waals surface area contributed by atoms with Gasteiger partial charge >= 0.3 is 6.03 Å². The van der Waals surface area contributed by atoms with Crippen molar-refractivity contribution in [1.29, 1.82) is 0 Å². The first kappa shape index (κ1) is 9.32. The largest absolute Gasteiger partial charge is 0.352 e. The molecule has 0 saturated carbocycles. The Labute approximate surface area is 72.9 Å². The van der Waals surface area contributed by atoms with E-state index < -0.39 is 6.03 Å². The molecule has 0 spiro atoms. The summed E-state index contributed by atoms with van der Waals surface area (Å²) in [7, 11) is 0. The first-order chi connectivity index (χ1) is 5.79. The molecule has 4 heteroatoms.